The molecular weight excluding hydrogens is 262 g/mol. The number of nitrogens with zero attached hydrogens (tertiary/aromatic N) is 2. The summed E-state index contributed by atoms with van der Waals surface area (Å²) in [4.78, 5) is 14.5. The van der Waals surface area contributed by atoms with E-state index in [2.05, 4.69) is 17.2 Å². The summed E-state index contributed by atoms with van der Waals surface area (Å²) in [5, 5.41) is 13.9. The number of nitrogens with one attached hydrogen (secondary N) is 1. The van der Waals surface area contributed by atoms with Crippen LogP contribution in [-0.2, 0) is 4.74 Å². The molecule has 2 aromatic rings. The Labute approximate surface area is 116 Å². The maximum atomic E-state index is 10.9. The highest BCUT2D eigenvalue weighted by Crippen LogP contribution is 2.27. The van der Waals surface area contributed by atoms with Crippen molar-refractivity contribution in [2.45, 2.75) is 19.8 Å². The molecule has 0 aliphatic heterocycles. The molecule has 0 saturated carbocycles. The summed E-state index contributed by atoms with van der Waals surface area (Å²) >= 11 is 0. The number of fused-ring (bicyclic) bond motifs is 1. The largest absolute Gasteiger partial charge is 0.423 e. The Morgan fingerprint density at radius 1 is 1.45 bits per heavy atom. The highest BCUT2D eigenvalue weighted by molar-refractivity contribution is 5.83. The van der Waals surface area contributed by atoms with Crippen molar-refractivity contribution in [2.75, 3.05) is 25.1 Å². The van der Waals surface area contributed by atoms with Crippen LogP contribution in [0, 0.1) is 10.1 Å². The van der Waals surface area contributed by atoms with Crippen LogP contribution in [0.5, 0.6) is 0 Å². The lowest BCUT2D eigenvalue weighted by molar-refractivity contribution is -0.383. The fraction of sp³-hybridized carbons (Fsp3) is 0.462. The van der Waals surface area contributed by atoms with E-state index >= 15 is 0 Å². The Morgan fingerprint density at radius 3 is 3.05 bits per heavy atom. The number of nitro benzene ring substituents is 1. The normalized spacial score (nSPS) is 10.8. The van der Waals surface area contributed by atoms with Gasteiger partial charge in [-0.1, -0.05) is 13.0 Å². The first-order valence-electron chi connectivity index (χ1n) is 6.58. The van der Waals surface area contributed by atoms with Crippen molar-refractivity contribution in [2.24, 2.45) is 0 Å². The molecule has 0 fully saturated rings. The second-order valence-electron chi connectivity index (χ2n) is 4.29. The fourth-order valence-electron chi connectivity index (χ4n) is 1.77. The van der Waals surface area contributed by atoms with E-state index in [9.17, 15) is 10.1 Å². The number of hydrogen-bond acceptors (Lipinski definition) is 6. The van der Waals surface area contributed by atoms with Gasteiger partial charge in [-0.2, -0.15) is 4.98 Å². The number of hydrogen-bond donors (Lipinski definition) is 1. The van der Waals surface area contributed by atoms with Crippen LogP contribution < -0.4 is 5.32 Å². The Morgan fingerprint density at radius 2 is 2.30 bits per heavy atom. The molecular formula is C13H17N3O4. The third-order valence-electron chi connectivity index (χ3n) is 2.68. The van der Waals surface area contributed by atoms with Crippen molar-refractivity contribution in [3.8, 4) is 0 Å². The lowest BCUT2D eigenvalue weighted by Crippen LogP contribution is -2.06. The summed E-state index contributed by atoms with van der Waals surface area (Å²) in [5.41, 5.74) is 0.622. The van der Waals surface area contributed by atoms with Crippen molar-refractivity contribution >= 4 is 22.8 Å². The number of non-ortho nitro benzene ring substituents is 1. The summed E-state index contributed by atoms with van der Waals surface area (Å²) in [6.07, 6.45) is 1.82. The van der Waals surface area contributed by atoms with E-state index in [1.54, 1.807) is 12.1 Å². The van der Waals surface area contributed by atoms with Gasteiger partial charge in [0.05, 0.1) is 4.92 Å². The van der Waals surface area contributed by atoms with Gasteiger partial charge in [-0.3, -0.25) is 10.1 Å². The molecule has 7 heteroatoms. The average Bonchev–Trinajstić information content (AvgIpc) is 2.84. The summed E-state index contributed by atoms with van der Waals surface area (Å²) in [6, 6.07) is 4.94. The zero-order valence-corrected chi connectivity index (χ0v) is 11.3. The Kier molecular flexibility index (Phi) is 4.89. The second-order valence-corrected chi connectivity index (χ2v) is 4.29. The van der Waals surface area contributed by atoms with E-state index in [0.717, 1.165) is 19.4 Å². The molecule has 1 aromatic carbocycles. The molecule has 0 unspecified atom stereocenters. The van der Waals surface area contributed by atoms with Crippen LogP contribution in [0.3, 0.4) is 0 Å². The highest BCUT2D eigenvalue weighted by Gasteiger charge is 2.16. The van der Waals surface area contributed by atoms with Gasteiger partial charge >= 0.3 is 0 Å². The van der Waals surface area contributed by atoms with E-state index < -0.39 is 4.92 Å². The zero-order chi connectivity index (χ0) is 14.4. The number of rotatable bonds is 8. The summed E-state index contributed by atoms with van der Waals surface area (Å²) in [5.74, 6) is 0. The third-order valence-corrected chi connectivity index (χ3v) is 2.68. The lowest BCUT2D eigenvalue weighted by Gasteiger charge is -2.02. The van der Waals surface area contributed by atoms with Crippen molar-refractivity contribution in [3.63, 3.8) is 0 Å². The van der Waals surface area contributed by atoms with Crippen LogP contribution in [0.1, 0.15) is 19.8 Å². The van der Waals surface area contributed by atoms with Crippen molar-refractivity contribution in [1.29, 1.82) is 0 Å². The average molecular weight is 279 g/mol. The molecule has 0 amide bonds. The minimum Gasteiger partial charge on any atom is -0.423 e. The number of nitro groups is 1. The molecule has 0 radical (unpaired) electrons. The van der Waals surface area contributed by atoms with Gasteiger partial charge < -0.3 is 14.5 Å². The quantitative estimate of drug-likeness (QED) is 0.454. The SMILES string of the molecule is CCCOCCCNc1nc2c([N+](=O)[O-])cccc2o1. The van der Waals surface area contributed by atoms with E-state index in [1.165, 1.54) is 6.07 Å². The Balaban J connectivity index is 1.95. The molecule has 108 valence electrons. The van der Waals surface area contributed by atoms with Gasteiger partial charge in [-0.05, 0) is 18.9 Å². The van der Waals surface area contributed by atoms with Gasteiger partial charge in [-0.15, -0.1) is 0 Å². The van der Waals surface area contributed by atoms with Crippen LogP contribution in [0.4, 0.5) is 11.7 Å². The van der Waals surface area contributed by atoms with E-state index in [-0.39, 0.29) is 11.2 Å². The molecule has 7 nitrogen and oxygen atoms in total. The molecule has 0 saturated heterocycles. The molecule has 0 aliphatic carbocycles. The third kappa shape index (κ3) is 3.45. The molecule has 0 atom stereocenters. The van der Waals surface area contributed by atoms with Crippen molar-refractivity contribution in [3.05, 3.63) is 28.3 Å². The molecule has 1 N–H and O–H groups in total. The molecule has 0 bridgehead atoms. The number of benzene rings is 1. The zero-order valence-electron chi connectivity index (χ0n) is 11.3. The first-order chi connectivity index (χ1) is 9.72. The fourth-order valence-corrected chi connectivity index (χ4v) is 1.77. The molecule has 1 aromatic heterocycles. The second kappa shape index (κ2) is 6.85. The number of anilines is 1. The van der Waals surface area contributed by atoms with Crippen molar-refractivity contribution in [1.82, 2.24) is 4.98 Å². The summed E-state index contributed by atoms with van der Waals surface area (Å²) in [6.45, 7) is 4.13. The van der Waals surface area contributed by atoms with Gasteiger partial charge in [0, 0.05) is 25.8 Å². The minimum absolute atomic E-state index is 0.0504. The predicted octanol–water partition coefficient (Wildman–Crippen LogP) is 2.96. The van der Waals surface area contributed by atoms with Gasteiger partial charge in [0.25, 0.3) is 11.7 Å². The van der Waals surface area contributed by atoms with Gasteiger partial charge in [0.2, 0.25) is 0 Å². The molecule has 1 heterocycles. The predicted molar refractivity (Wildman–Crippen MR) is 74.9 cm³/mol. The summed E-state index contributed by atoms with van der Waals surface area (Å²) in [7, 11) is 0. The van der Waals surface area contributed by atoms with Gasteiger partial charge in [0.15, 0.2) is 11.1 Å². The number of para-hydroxylation sites is 1. The molecule has 20 heavy (non-hydrogen) atoms. The van der Waals surface area contributed by atoms with Crippen LogP contribution in [0.25, 0.3) is 11.1 Å². The topological polar surface area (TPSA) is 90.4 Å². The maximum Gasteiger partial charge on any atom is 0.298 e. The highest BCUT2D eigenvalue weighted by atomic mass is 16.6. The number of aromatic nitrogens is 1. The van der Waals surface area contributed by atoms with E-state index in [1.807, 2.05) is 0 Å². The van der Waals surface area contributed by atoms with E-state index in [0.29, 0.717) is 24.7 Å². The summed E-state index contributed by atoms with van der Waals surface area (Å²) < 4.78 is 10.8. The Bertz CT molecular complexity index is 582. The number of ether oxygens (including phenoxy) is 1. The van der Waals surface area contributed by atoms with Crippen LogP contribution in [-0.4, -0.2) is 29.7 Å². The maximum absolute atomic E-state index is 10.9. The minimum atomic E-state index is -0.465. The molecule has 2 rings (SSSR count). The van der Waals surface area contributed by atoms with Gasteiger partial charge in [-0.25, -0.2) is 0 Å². The van der Waals surface area contributed by atoms with Gasteiger partial charge in [0.1, 0.15) is 0 Å². The number of oxazole rings is 1. The first kappa shape index (κ1) is 14.3. The monoisotopic (exact) mass is 279 g/mol. The standard InChI is InChI=1S/C13H17N3O4/c1-2-8-19-9-4-7-14-13-15-12-10(16(17)18)5-3-6-11(12)20-13/h3,5-6H,2,4,7-9H2,1H3,(H,14,15). The van der Waals surface area contributed by atoms with E-state index in [4.69, 9.17) is 9.15 Å². The van der Waals surface area contributed by atoms with Crippen molar-refractivity contribution < 1.29 is 14.1 Å². The molecule has 0 aliphatic rings. The smallest absolute Gasteiger partial charge is 0.298 e. The first-order valence-corrected chi connectivity index (χ1v) is 6.58. The van der Waals surface area contributed by atoms with Crippen LogP contribution >= 0.6 is 0 Å². The van der Waals surface area contributed by atoms with Crippen LogP contribution in [0.2, 0.25) is 0 Å². The lowest BCUT2D eigenvalue weighted by atomic mass is 10.3. The molecule has 0 spiro atoms. The Hall–Kier alpha value is -2.15. The van der Waals surface area contributed by atoms with Crippen LogP contribution in [0.15, 0.2) is 22.6 Å².